The predicted molar refractivity (Wildman–Crippen MR) is 118 cm³/mol. The number of anilines is 2. The van der Waals surface area contributed by atoms with Gasteiger partial charge < -0.3 is 20.1 Å². The minimum atomic E-state index is -1.32. The van der Waals surface area contributed by atoms with E-state index in [9.17, 15) is 4.39 Å². The van der Waals surface area contributed by atoms with Gasteiger partial charge in [0, 0.05) is 44.0 Å². The number of H-pyrrole nitrogens is 1. The van der Waals surface area contributed by atoms with Gasteiger partial charge in [-0.15, -0.1) is 0 Å². The number of fused-ring (bicyclic) bond motifs is 1. The first kappa shape index (κ1) is 21.1. The SMILES string of the molecule is CC.CN1CCN(c2cn(CC(C)(C)F)c3cc(-c4[nH]ncc4N)ncc23)CC1. The van der Waals surface area contributed by atoms with E-state index in [-0.39, 0.29) is 6.54 Å². The van der Waals surface area contributed by atoms with Crippen molar-refractivity contribution in [3.63, 3.8) is 0 Å². The molecule has 4 heterocycles. The van der Waals surface area contributed by atoms with Crippen molar-refractivity contribution in [3.05, 3.63) is 24.7 Å². The molecule has 1 fully saturated rings. The molecule has 0 spiro atoms. The number of piperazine rings is 1. The molecule has 0 aliphatic carbocycles. The van der Waals surface area contributed by atoms with Gasteiger partial charge in [-0.25, -0.2) is 4.39 Å². The molecule has 1 saturated heterocycles. The van der Waals surface area contributed by atoms with Crippen molar-refractivity contribution in [1.29, 1.82) is 0 Å². The topological polar surface area (TPSA) is 79.0 Å². The molecule has 0 unspecified atom stereocenters. The molecule has 3 N–H and O–H groups in total. The quantitative estimate of drug-likeness (QED) is 0.699. The molecule has 1 aliphatic heterocycles. The van der Waals surface area contributed by atoms with E-state index < -0.39 is 5.67 Å². The third-order valence-corrected chi connectivity index (χ3v) is 5.06. The van der Waals surface area contributed by atoms with E-state index in [1.54, 1.807) is 20.0 Å². The van der Waals surface area contributed by atoms with Crippen molar-refractivity contribution < 1.29 is 4.39 Å². The van der Waals surface area contributed by atoms with Gasteiger partial charge in [0.1, 0.15) is 11.4 Å². The normalized spacial score (nSPS) is 15.4. The van der Waals surface area contributed by atoms with Crippen molar-refractivity contribution >= 4 is 22.3 Å². The number of hydrogen-bond acceptors (Lipinski definition) is 5. The van der Waals surface area contributed by atoms with E-state index in [2.05, 4.69) is 38.2 Å². The number of nitrogens with zero attached hydrogens (tertiary/aromatic N) is 5. The summed E-state index contributed by atoms with van der Waals surface area (Å²) >= 11 is 0. The molecule has 158 valence electrons. The Hall–Kier alpha value is -2.61. The zero-order chi connectivity index (χ0) is 21.2. The fourth-order valence-electron chi connectivity index (χ4n) is 3.64. The number of aromatic amines is 1. The highest BCUT2D eigenvalue weighted by atomic mass is 19.1. The summed E-state index contributed by atoms with van der Waals surface area (Å²) < 4.78 is 16.4. The van der Waals surface area contributed by atoms with Crippen LogP contribution in [0.3, 0.4) is 0 Å². The van der Waals surface area contributed by atoms with Crippen molar-refractivity contribution in [1.82, 2.24) is 24.6 Å². The average molecular weight is 402 g/mol. The summed E-state index contributed by atoms with van der Waals surface area (Å²) in [6, 6.07) is 1.96. The van der Waals surface area contributed by atoms with Crippen LogP contribution in [0.4, 0.5) is 15.8 Å². The summed E-state index contributed by atoms with van der Waals surface area (Å²) in [6.45, 7) is 11.4. The van der Waals surface area contributed by atoms with Crippen LogP contribution in [0.15, 0.2) is 24.7 Å². The zero-order valence-electron chi connectivity index (χ0n) is 18.0. The molecule has 3 aromatic heterocycles. The van der Waals surface area contributed by atoms with Gasteiger partial charge in [-0.05, 0) is 27.0 Å². The van der Waals surface area contributed by atoms with Crippen LogP contribution in [0, 0.1) is 0 Å². The second-order valence-electron chi connectivity index (χ2n) is 7.94. The van der Waals surface area contributed by atoms with E-state index in [1.165, 1.54) is 0 Å². The lowest BCUT2D eigenvalue weighted by Gasteiger charge is -2.33. The smallest absolute Gasteiger partial charge is 0.123 e. The fourth-order valence-corrected chi connectivity index (χ4v) is 3.64. The molecule has 1 aliphatic rings. The van der Waals surface area contributed by atoms with E-state index in [0.29, 0.717) is 17.1 Å². The Kier molecular flexibility index (Phi) is 6.12. The molecular weight excluding hydrogens is 369 g/mol. The third-order valence-electron chi connectivity index (χ3n) is 5.06. The van der Waals surface area contributed by atoms with Crippen LogP contribution < -0.4 is 10.6 Å². The van der Waals surface area contributed by atoms with Crippen molar-refractivity contribution in [2.45, 2.75) is 39.9 Å². The maximum absolute atomic E-state index is 14.5. The molecule has 0 aromatic carbocycles. The number of nitrogens with two attached hydrogens (primary N) is 1. The highest BCUT2D eigenvalue weighted by molar-refractivity contribution is 5.95. The minimum Gasteiger partial charge on any atom is -0.396 e. The fraction of sp³-hybridized carbons (Fsp3) is 0.524. The first-order chi connectivity index (χ1) is 13.8. The third kappa shape index (κ3) is 4.53. The molecule has 0 amide bonds. The summed E-state index contributed by atoms with van der Waals surface area (Å²) in [7, 11) is 2.13. The number of aromatic nitrogens is 4. The summed E-state index contributed by atoms with van der Waals surface area (Å²) in [4.78, 5) is 9.27. The number of nitrogen functional groups attached to an aromatic ring is 1. The molecular formula is C21H32FN7. The number of hydrogen-bond donors (Lipinski definition) is 2. The second kappa shape index (κ2) is 8.41. The second-order valence-corrected chi connectivity index (χ2v) is 7.94. The lowest BCUT2D eigenvalue weighted by molar-refractivity contribution is 0.188. The lowest BCUT2D eigenvalue weighted by atomic mass is 10.1. The average Bonchev–Trinajstić information content (AvgIpc) is 3.26. The molecule has 3 aromatic rings. The Morgan fingerprint density at radius 2 is 1.86 bits per heavy atom. The van der Waals surface area contributed by atoms with Crippen LogP contribution in [-0.4, -0.2) is 63.5 Å². The Bertz CT molecular complexity index is 946. The van der Waals surface area contributed by atoms with E-state index >= 15 is 0 Å². The minimum absolute atomic E-state index is 0.277. The Balaban J connectivity index is 0.00000117. The molecule has 7 nitrogen and oxygen atoms in total. The predicted octanol–water partition coefficient (Wildman–Crippen LogP) is 3.53. The summed E-state index contributed by atoms with van der Waals surface area (Å²) in [5, 5.41) is 7.90. The summed E-state index contributed by atoms with van der Waals surface area (Å²) in [6.07, 6.45) is 5.49. The number of nitrogens with one attached hydrogen (secondary N) is 1. The van der Waals surface area contributed by atoms with Gasteiger partial charge in [0.15, 0.2) is 0 Å². The number of alkyl halides is 1. The van der Waals surface area contributed by atoms with Crippen LogP contribution in [0.2, 0.25) is 0 Å². The van der Waals surface area contributed by atoms with Gasteiger partial charge in [0.2, 0.25) is 0 Å². The van der Waals surface area contributed by atoms with Gasteiger partial charge in [-0.3, -0.25) is 10.1 Å². The molecule has 29 heavy (non-hydrogen) atoms. The summed E-state index contributed by atoms with van der Waals surface area (Å²) in [5.74, 6) is 0. The van der Waals surface area contributed by atoms with Gasteiger partial charge in [-0.1, -0.05) is 13.8 Å². The van der Waals surface area contributed by atoms with Crippen molar-refractivity contribution in [3.8, 4) is 11.4 Å². The van der Waals surface area contributed by atoms with Gasteiger partial charge >= 0.3 is 0 Å². The van der Waals surface area contributed by atoms with Crippen molar-refractivity contribution in [2.75, 3.05) is 43.9 Å². The Morgan fingerprint density at radius 1 is 1.17 bits per heavy atom. The summed E-state index contributed by atoms with van der Waals surface area (Å²) in [5.41, 5.74) is 8.66. The standard InChI is InChI=1S/C19H26FN7.C2H6/c1-19(2,20)12-27-11-17(26-6-4-25(3)5-7-26)13-9-22-15(8-16(13)27)18-14(21)10-23-24-18;1-2/h8-11H,4-7,12,21H2,1-3H3,(H,23,24);1-2H3. The van der Waals surface area contributed by atoms with Gasteiger partial charge in [0.25, 0.3) is 0 Å². The van der Waals surface area contributed by atoms with Crippen LogP contribution in [0.25, 0.3) is 22.3 Å². The Morgan fingerprint density at radius 3 is 2.45 bits per heavy atom. The zero-order valence-corrected chi connectivity index (χ0v) is 18.0. The van der Waals surface area contributed by atoms with Crippen LogP contribution in [-0.2, 0) is 6.54 Å². The largest absolute Gasteiger partial charge is 0.396 e. The van der Waals surface area contributed by atoms with Crippen LogP contribution in [0.1, 0.15) is 27.7 Å². The molecule has 0 bridgehead atoms. The monoisotopic (exact) mass is 401 g/mol. The molecule has 0 radical (unpaired) electrons. The van der Waals surface area contributed by atoms with Crippen LogP contribution >= 0.6 is 0 Å². The number of pyridine rings is 1. The van der Waals surface area contributed by atoms with Gasteiger partial charge in [-0.2, -0.15) is 5.10 Å². The molecule has 8 heteroatoms. The number of rotatable bonds is 4. The van der Waals surface area contributed by atoms with E-state index in [0.717, 1.165) is 42.8 Å². The molecule has 0 atom stereocenters. The number of halogens is 1. The first-order valence-electron chi connectivity index (χ1n) is 10.2. The Labute approximate surface area is 171 Å². The lowest BCUT2D eigenvalue weighted by Crippen LogP contribution is -2.44. The van der Waals surface area contributed by atoms with E-state index in [1.807, 2.05) is 30.7 Å². The van der Waals surface area contributed by atoms with Crippen molar-refractivity contribution in [2.24, 2.45) is 0 Å². The maximum atomic E-state index is 14.5. The van der Waals surface area contributed by atoms with Gasteiger partial charge in [0.05, 0.1) is 35.3 Å². The maximum Gasteiger partial charge on any atom is 0.123 e. The van der Waals surface area contributed by atoms with Crippen LogP contribution in [0.5, 0.6) is 0 Å². The highest BCUT2D eigenvalue weighted by Crippen LogP contribution is 2.33. The van der Waals surface area contributed by atoms with E-state index in [4.69, 9.17) is 5.73 Å². The molecule has 4 rings (SSSR count). The first-order valence-corrected chi connectivity index (χ1v) is 10.2. The highest BCUT2D eigenvalue weighted by Gasteiger charge is 2.23. The molecule has 0 saturated carbocycles. The number of likely N-dealkylation sites (N-methyl/N-ethyl adjacent to an activating group) is 1.